The summed E-state index contributed by atoms with van der Waals surface area (Å²) in [5.41, 5.74) is -0.218. The number of carbonyl (C=O) groups is 1. The van der Waals surface area contributed by atoms with Crippen molar-refractivity contribution in [1.29, 1.82) is 0 Å². The molecule has 0 heterocycles. The molecule has 100 valence electrons. The van der Waals surface area contributed by atoms with Gasteiger partial charge in [-0.05, 0) is 24.6 Å². The van der Waals surface area contributed by atoms with Crippen LogP contribution in [0.25, 0.3) is 0 Å². The largest absolute Gasteiger partial charge is 0.478 e. The number of hydrogen-bond acceptors (Lipinski definition) is 4. The second-order valence-corrected chi connectivity index (χ2v) is 6.13. The van der Waals surface area contributed by atoms with Crippen LogP contribution >= 0.6 is 11.6 Å². The topological polar surface area (TPSA) is 80.7 Å². The van der Waals surface area contributed by atoms with Crippen LogP contribution in [0, 0.1) is 0 Å². The first-order valence-corrected chi connectivity index (χ1v) is 7.16. The third-order valence-electron chi connectivity index (χ3n) is 2.29. The Labute approximate surface area is 110 Å². The van der Waals surface area contributed by atoms with E-state index >= 15 is 0 Å². The molecule has 0 saturated carbocycles. The minimum Gasteiger partial charge on any atom is -0.478 e. The Kier molecular flexibility index (Phi) is 5.13. The van der Waals surface area contributed by atoms with E-state index < -0.39 is 15.8 Å². The Morgan fingerprint density at radius 1 is 1.44 bits per heavy atom. The molecule has 7 heteroatoms. The lowest BCUT2D eigenvalue weighted by Gasteiger charge is -2.06. The van der Waals surface area contributed by atoms with E-state index in [0.29, 0.717) is 13.0 Å². The van der Waals surface area contributed by atoms with Crippen LogP contribution in [0.5, 0.6) is 0 Å². The molecule has 0 amide bonds. The Hall–Kier alpha value is -1.11. The van der Waals surface area contributed by atoms with Crippen LogP contribution < -0.4 is 0 Å². The van der Waals surface area contributed by atoms with Crippen molar-refractivity contribution in [2.24, 2.45) is 0 Å². The minimum absolute atomic E-state index is 0.0124. The van der Waals surface area contributed by atoms with Gasteiger partial charge in [0.2, 0.25) is 0 Å². The monoisotopic (exact) mass is 292 g/mol. The standard InChI is InChI=1S/C11H13ClO5S/c1-17-5-2-6-18(15,16)8-3-4-10(12)9(7-8)11(13)14/h3-4,7H,2,5-6H2,1H3,(H,13,14). The first-order valence-electron chi connectivity index (χ1n) is 5.13. The maximum absolute atomic E-state index is 11.9. The van der Waals surface area contributed by atoms with Gasteiger partial charge in [-0.1, -0.05) is 11.6 Å². The van der Waals surface area contributed by atoms with Crippen LogP contribution in [0.1, 0.15) is 16.8 Å². The number of sulfone groups is 1. The van der Waals surface area contributed by atoms with Crippen LogP contribution in [0.3, 0.4) is 0 Å². The van der Waals surface area contributed by atoms with Gasteiger partial charge in [0.1, 0.15) is 0 Å². The molecule has 0 aliphatic carbocycles. The van der Waals surface area contributed by atoms with E-state index in [9.17, 15) is 13.2 Å². The molecule has 0 aromatic heterocycles. The van der Waals surface area contributed by atoms with Crippen molar-refractivity contribution in [3.63, 3.8) is 0 Å². The van der Waals surface area contributed by atoms with Crippen LogP contribution in [0.2, 0.25) is 5.02 Å². The molecule has 1 aromatic rings. The average molecular weight is 293 g/mol. The molecule has 0 aliphatic rings. The Balaban J connectivity index is 3.02. The molecule has 0 spiro atoms. The summed E-state index contributed by atoms with van der Waals surface area (Å²) in [6.07, 6.45) is 0.351. The zero-order valence-corrected chi connectivity index (χ0v) is 11.3. The third-order valence-corrected chi connectivity index (χ3v) is 4.42. The van der Waals surface area contributed by atoms with E-state index in [1.807, 2.05) is 0 Å². The van der Waals surface area contributed by atoms with Crippen molar-refractivity contribution in [2.75, 3.05) is 19.5 Å². The van der Waals surface area contributed by atoms with E-state index in [1.165, 1.54) is 19.2 Å². The van der Waals surface area contributed by atoms with Gasteiger partial charge in [-0.25, -0.2) is 13.2 Å². The Morgan fingerprint density at radius 2 is 2.11 bits per heavy atom. The maximum Gasteiger partial charge on any atom is 0.337 e. The predicted molar refractivity (Wildman–Crippen MR) is 67.0 cm³/mol. The lowest BCUT2D eigenvalue weighted by molar-refractivity contribution is 0.0697. The molecular formula is C11H13ClO5S. The maximum atomic E-state index is 11.9. The number of aromatic carboxylic acids is 1. The number of ether oxygens (including phenoxy) is 1. The highest BCUT2D eigenvalue weighted by molar-refractivity contribution is 7.91. The summed E-state index contributed by atoms with van der Waals surface area (Å²) in [7, 11) is -2.02. The molecule has 0 bridgehead atoms. The van der Waals surface area contributed by atoms with E-state index in [1.54, 1.807) is 0 Å². The second kappa shape index (κ2) is 6.17. The first kappa shape index (κ1) is 14.9. The highest BCUT2D eigenvalue weighted by Crippen LogP contribution is 2.21. The Bertz CT molecular complexity index is 538. The molecule has 5 nitrogen and oxygen atoms in total. The van der Waals surface area contributed by atoms with Gasteiger partial charge in [0.15, 0.2) is 9.84 Å². The first-order chi connectivity index (χ1) is 8.38. The number of methoxy groups -OCH3 is 1. The van der Waals surface area contributed by atoms with Gasteiger partial charge in [0, 0.05) is 13.7 Å². The summed E-state index contributed by atoms with van der Waals surface area (Å²) in [4.78, 5) is 10.8. The van der Waals surface area contributed by atoms with E-state index in [-0.39, 0.29) is 21.2 Å². The quantitative estimate of drug-likeness (QED) is 0.809. The summed E-state index contributed by atoms with van der Waals surface area (Å²) in [6.45, 7) is 0.332. The zero-order chi connectivity index (χ0) is 13.8. The summed E-state index contributed by atoms with van der Waals surface area (Å²) in [5.74, 6) is -1.35. The minimum atomic E-state index is -3.51. The third kappa shape index (κ3) is 3.69. The normalized spacial score (nSPS) is 11.4. The summed E-state index contributed by atoms with van der Waals surface area (Å²) in [6, 6.07) is 3.65. The van der Waals surface area contributed by atoms with Gasteiger partial charge in [-0.2, -0.15) is 0 Å². The molecule has 18 heavy (non-hydrogen) atoms. The highest BCUT2D eigenvalue weighted by atomic mass is 35.5. The number of carboxylic acids is 1. The van der Waals surface area contributed by atoms with Crippen molar-refractivity contribution in [3.05, 3.63) is 28.8 Å². The molecule has 0 aliphatic heterocycles. The van der Waals surface area contributed by atoms with Crippen LogP contribution in [0.4, 0.5) is 0 Å². The van der Waals surface area contributed by atoms with Gasteiger partial charge >= 0.3 is 5.97 Å². The summed E-state index contributed by atoms with van der Waals surface area (Å²) < 4.78 is 28.6. The summed E-state index contributed by atoms with van der Waals surface area (Å²) >= 11 is 5.67. The molecule has 0 saturated heterocycles. The molecule has 0 unspecified atom stereocenters. The zero-order valence-electron chi connectivity index (χ0n) is 9.72. The SMILES string of the molecule is COCCCS(=O)(=O)c1ccc(Cl)c(C(=O)O)c1. The number of carboxylic acid groups (broad SMARTS) is 1. The lowest BCUT2D eigenvalue weighted by Crippen LogP contribution is -2.10. The van der Waals surface area contributed by atoms with Gasteiger partial charge in [-0.3, -0.25) is 0 Å². The van der Waals surface area contributed by atoms with E-state index in [2.05, 4.69) is 0 Å². The average Bonchev–Trinajstić information content (AvgIpc) is 2.29. The van der Waals surface area contributed by atoms with E-state index in [0.717, 1.165) is 6.07 Å². The second-order valence-electron chi connectivity index (χ2n) is 3.61. The molecule has 1 rings (SSSR count). The Morgan fingerprint density at radius 3 is 2.67 bits per heavy atom. The van der Waals surface area contributed by atoms with Gasteiger partial charge in [0.25, 0.3) is 0 Å². The number of rotatable bonds is 6. The fourth-order valence-corrected chi connectivity index (χ4v) is 2.88. The highest BCUT2D eigenvalue weighted by Gasteiger charge is 2.18. The van der Waals surface area contributed by atoms with Crippen molar-refractivity contribution >= 4 is 27.4 Å². The molecule has 0 radical (unpaired) electrons. The molecule has 0 atom stereocenters. The molecule has 0 fully saturated rings. The number of halogens is 1. The van der Waals surface area contributed by atoms with Crippen molar-refractivity contribution in [2.45, 2.75) is 11.3 Å². The van der Waals surface area contributed by atoms with Gasteiger partial charge in [-0.15, -0.1) is 0 Å². The predicted octanol–water partition coefficient (Wildman–Crippen LogP) is 1.85. The lowest BCUT2D eigenvalue weighted by atomic mass is 10.2. The summed E-state index contributed by atoms with van der Waals surface area (Å²) in [5, 5.41) is 8.88. The smallest absolute Gasteiger partial charge is 0.337 e. The van der Waals surface area contributed by atoms with Gasteiger partial charge < -0.3 is 9.84 Å². The fourth-order valence-electron chi connectivity index (χ4n) is 1.37. The van der Waals surface area contributed by atoms with Crippen molar-refractivity contribution in [3.8, 4) is 0 Å². The van der Waals surface area contributed by atoms with Crippen LogP contribution in [0.15, 0.2) is 23.1 Å². The molecule has 1 N–H and O–H groups in total. The van der Waals surface area contributed by atoms with Crippen LogP contribution in [-0.2, 0) is 14.6 Å². The van der Waals surface area contributed by atoms with Crippen LogP contribution in [-0.4, -0.2) is 39.0 Å². The molecule has 1 aromatic carbocycles. The fraction of sp³-hybridized carbons (Fsp3) is 0.364. The van der Waals surface area contributed by atoms with Crippen molar-refractivity contribution < 1.29 is 23.1 Å². The number of benzene rings is 1. The van der Waals surface area contributed by atoms with E-state index in [4.69, 9.17) is 21.4 Å². The van der Waals surface area contributed by atoms with Gasteiger partial charge in [0.05, 0.1) is 21.2 Å². The van der Waals surface area contributed by atoms with Crippen molar-refractivity contribution in [1.82, 2.24) is 0 Å². The molecular weight excluding hydrogens is 280 g/mol. The number of hydrogen-bond donors (Lipinski definition) is 1.